The predicted octanol–water partition coefficient (Wildman–Crippen LogP) is 2.96. The first-order valence-electron chi connectivity index (χ1n) is 7.58. The van der Waals surface area contributed by atoms with E-state index in [2.05, 4.69) is 5.32 Å². The third kappa shape index (κ3) is 5.13. The van der Waals surface area contributed by atoms with Crippen molar-refractivity contribution < 1.29 is 14.4 Å². The van der Waals surface area contributed by atoms with Crippen molar-refractivity contribution in [2.24, 2.45) is 0 Å². The summed E-state index contributed by atoms with van der Waals surface area (Å²) in [5, 5.41) is 4.12. The summed E-state index contributed by atoms with van der Waals surface area (Å²) in [6, 6.07) is 11.1. The maximum Gasteiger partial charge on any atom is 0.279 e. The van der Waals surface area contributed by atoms with Crippen molar-refractivity contribution in [2.75, 3.05) is 26.0 Å². The summed E-state index contributed by atoms with van der Waals surface area (Å²) in [5.41, 5.74) is 2.69. The van der Waals surface area contributed by atoms with E-state index in [-0.39, 0.29) is 5.91 Å². The Morgan fingerprint density at radius 2 is 1.96 bits per heavy atom. The Morgan fingerprint density at radius 1 is 1.21 bits per heavy atom. The number of anilines is 1. The van der Waals surface area contributed by atoms with Crippen LogP contribution in [0.2, 0.25) is 10.0 Å². The van der Waals surface area contributed by atoms with Gasteiger partial charge in [0, 0.05) is 10.6 Å². The van der Waals surface area contributed by atoms with Gasteiger partial charge in [-0.1, -0.05) is 35.3 Å². The molecule has 2 rings (SSSR count). The van der Waals surface area contributed by atoms with Gasteiger partial charge in [-0.15, -0.1) is 0 Å². The van der Waals surface area contributed by atoms with Crippen molar-refractivity contribution in [3.8, 4) is 5.75 Å². The Labute approximate surface area is 152 Å². The van der Waals surface area contributed by atoms with Gasteiger partial charge < -0.3 is 15.0 Å². The fraction of sp³-hybridized carbons (Fsp3) is 0.278. The van der Waals surface area contributed by atoms with Crippen molar-refractivity contribution in [3.05, 3.63) is 57.6 Å². The first kappa shape index (κ1) is 18.6. The number of benzene rings is 2. The van der Waals surface area contributed by atoms with Crippen LogP contribution in [0.1, 0.15) is 11.1 Å². The van der Waals surface area contributed by atoms with E-state index in [0.29, 0.717) is 34.6 Å². The van der Waals surface area contributed by atoms with E-state index in [9.17, 15) is 4.79 Å². The second kappa shape index (κ2) is 8.38. The highest BCUT2D eigenvalue weighted by molar-refractivity contribution is 6.35. The van der Waals surface area contributed by atoms with Crippen LogP contribution in [0.4, 0.5) is 5.69 Å². The number of likely N-dealkylation sites (N-methyl/N-ethyl adjacent to an activating group) is 1. The molecule has 6 heteroatoms. The number of carbonyl (C=O) groups is 1. The number of halogens is 2. The third-order valence-electron chi connectivity index (χ3n) is 3.60. The van der Waals surface area contributed by atoms with Crippen LogP contribution in [0.15, 0.2) is 36.4 Å². The van der Waals surface area contributed by atoms with E-state index in [1.165, 1.54) is 0 Å². The SMILES string of the molecule is COc1ccc(C)cc1NC(=O)C[NH+](C)Cc1ccc(Cl)cc1Cl. The van der Waals surface area contributed by atoms with Crippen LogP contribution in [0.5, 0.6) is 5.75 Å². The largest absolute Gasteiger partial charge is 0.495 e. The van der Waals surface area contributed by atoms with Gasteiger partial charge in [-0.3, -0.25) is 4.79 Å². The van der Waals surface area contributed by atoms with E-state index in [1.807, 2.05) is 38.2 Å². The van der Waals surface area contributed by atoms with E-state index in [1.54, 1.807) is 19.2 Å². The quantitative estimate of drug-likeness (QED) is 0.823. The number of hydrogen-bond donors (Lipinski definition) is 2. The molecule has 0 saturated heterocycles. The molecule has 2 aromatic carbocycles. The average Bonchev–Trinajstić information content (AvgIpc) is 2.50. The minimum absolute atomic E-state index is 0.0820. The molecule has 0 radical (unpaired) electrons. The maximum absolute atomic E-state index is 12.3. The number of nitrogens with one attached hydrogen (secondary N) is 2. The number of aryl methyl sites for hydroxylation is 1. The van der Waals surface area contributed by atoms with Crippen molar-refractivity contribution in [1.29, 1.82) is 0 Å². The zero-order chi connectivity index (χ0) is 17.7. The van der Waals surface area contributed by atoms with Crippen molar-refractivity contribution >= 4 is 34.8 Å². The molecule has 2 N–H and O–H groups in total. The number of methoxy groups -OCH3 is 1. The highest BCUT2D eigenvalue weighted by atomic mass is 35.5. The van der Waals surface area contributed by atoms with Gasteiger partial charge in [-0.05, 0) is 36.8 Å². The third-order valence-corrected chi connectivity index (χ3v) is 4.19. The van der Waals surface area contributed by atoms with E-state index < -0.39 is 0 Å². The molecule has 0 bridgehead atoms. The summed E-state index contributed by atoms with van der Waals surface area (Å²) in [4.78, 5) is 13.3. The molecule has 4 nitrogen and oxygen atoms in total. The molecular weight excluding hydrogens is 347 g/mol. The Kier molecular flexibility index (Phi) is 6.49. The van der Waals surface area contributed by atoms with Gasteiger partial charge in [0.2, 0.25) is 0 Å². The molecule has 0 aliphatic heterocycles. The Balaban J connectivity index is 1.98. The minimum atomic E-state index is -0.0820. The first-order chi connectivity index (χ1) is 11.4. The Hall–Kier alpha value is -1.75. The number of carbonyl (C=O) groups excluding carboxylic acids is 1. The lowest BCUT2D eigenvalue weighted by atomic mass is 10.2. The van der Waals surface area contributed by atoms with Crippen LogP contribution < -0.4 is 15.0 Å². The molecule has 0 spiro atoms. The molecule has 1 amide bonds. The summed E-state index contributed by atoms with van der Waals surface area (Å²) in [6.07, 6.45) is 0. The van der Waals surface area contributed by atoms with Crippen LogP contribution >= 0.6 is 23.2 Å². The minimum Gasteiger partial charge on any atom is -0.495 e. The van der Waals surface area contributed by atoms with E-state index >= 15 is 0 Å². The number of ether oxygens (including phenoxy) is 1. The Morgan fingerprint density at radius 3 is 2.62 bits per heavy atom. The van der Waals surface area contributed by atoms with Gasteiger partial charge in [0.25, 0.3) is 5.91 Å². The van der Waals surface area contributed by atoms with Crippen LogP contribution in [0.3, 0.4) is 0 Å². The number of rotatable bonds is 6. The zero-order valence-electron chi connectivity index (χ0n) is 14.0. The molecule has 1 unspecified atom stereocenters. The van der Waals surface area contributed by atoms with Crippen molar-refractivity contribution in [1.82, 2.24) is 0 Å². The van der Waals surface area contributed by atoms with Crippen LogP contribution in [0.25, 0.3) is 0 Å². The number of quaternary nitrogens is 1. The molecule has 24 heavy (non-hydrogen) atoms. The second-order valence-corrected chi connectivity index (χ2v) is 6.64. The van der Waals surface area contributed by atoms with E-state index in [4.69, 9.17) is 27.9 Å². The lowest BCUT2D eigenvalue weighted by Crippen LogP contribution is -3.08. The maximum atomic E-state index is 12.3. The first-order valence-corrected chi connectivity index (χ1v) is 8.34. The molecule has 2 aromatic rings. The van der Waals surface area contributed by atoms with Gasteiger partial charge >= 0.3 is 0 Å². The average molecular weight is 368 g/mol. The van der Waals surface area contributed by atoms with Gasteiger partial charge in [0.05, 0.1) is 24.9 Å². The van der Waals surface area contributed by atoms with Crippen molar-refractivity contribution in [3.63, 3.8) is 0 Å². The molecule has 0 aromatic heterocycles. The van der Waals surface area contributed by atoms with Gasteiger partial charge in [-0.2, -0.15) is 0 Å². The molecule has 128 valence electrons. The predicted molar refractivity (Wildman–Crippen MR) is 98.3 cm³/mol. The number of amides is 1. The molecular formula is C18H21Cl2N2O2+. The highest BCUT2D eigenvalue weighted by Gasteiger charge is 2.14. The molecule has 0 aliphatic rings. The summed E-state index contributed by atoms with van der Waals surface area (Å²) in [5.74, 6) is 0.564. The molecule has 0 fully saturated rings. The highest BCUT2D eigenvalue weighted by Crippen LogP contribution is 2.25. The van der Waals surface area contributed by atoms with Crippen LogP contribution in [0, 0.1) is 6.92 Å². The summed E-state index contributed by atoms with van der Waals surface area (Å²) in [6.45, 7) is 2.92. The van der Waals surface area contributed by atoms with Crippen LogP contribution in [-0.4, -0.2) is 26.6 Å². The monoisotopic (exact) mass is 367 g/mol. The zero-order valence-corrected chi connectivity index (χ0v) is 15.5. The van der Waals surface area contributed by atoms with Gasteiger partial charge in [0.15, 0.2) is 6.54 Å². The summed E-state index contributed by atoms with van der Waals surface area (Å²) in [7, 11) is 3.53. The summed E-state index contributed by atoms with van der Waals surface area (Å²) >= 11 is 12.1. The van der Waals surface area contributed by atoms with E-state index in [0.717, 1.165) is 16.0 Å². The number of hydrogen-bond acceptors (Lipinski definition) is 2. The van der Waals surface area contributed by atoms with Crippen molar-refractivity contribution in [2.45, 2.75) is 13.5 Å². The molecule has 0 aliphatic carbocycles. The molecule has 1 atom stereocenters. The van der Waals surface area contributed by atoms with Crippen LogP contribution in [-0.2, 0) is 11.3 Å². The normalized spacial score (nSPS) is 11.9. The fourth-order valence-electron chi connectivity index (χ4n) is 2.44. The lowest BCUT2D eigenvalue weighted by Gasteiger charge is -2.16. The second-order valence-electron chi connectivity index (χ2n) is 5.80. The van der Waals surface area contributed by atoms with Gasteiger partial charge in [-0.25, -0.2) is 0 Å². The lowest BCUT2D eigenvalue weighted by molar-refractivity contribution is -0.885. The Bertz CT molecular complexity index is 735. The molecule has 0 saturated carbocycles. The fourth-order valence-corrected chi connectivity index (χ4v) is 2.92. The summed E-state index contributed by atoms with van der Waals surface area (Å²) < 4.78 is 5.28. The standard InChI is InChI=1S/C18H20Cl2N2O2/c1-12-4-7-17(24-3)16(8-12)21-18(23)11-22(2)10-13-5-6-14(19)9-15(13)20/h4-9H,10-11H2,1-3H3,(H,21,23)/p+1. The van der Waals surface area contributed by atoms with Gasteiger partial charge in [0.1, 0.15) is 12.3 Å². The smallest absolute Gasteiger partial charge is 0.279 e. The topological polar surface area (TPSA) is 42.8 Å². The molecule has 0 heterocycles.